The third kappa shape index (κ3) is 2.36. The highest BCUT2D eigenvalue weighted by molar-refractivity contribution is 14.1. The first kappa shape index (κ1) is 8.74. The summed E-state index contributed by atoms with van der Waals surface area (Å²) in [6.07, 6.45) is 2.70. The molecule has 0 saturated carbocycles. The molecule has 0 spiro atoms. The van der Waals surface area contributed by atoms with Crippen LogP contribution in [0.1, 0.15) is 12.8 Å². The van der Waals surface area contributed by atoms with Crippen LogP contribution in [0, 0.1) is 5.92 Å². The van der Waals surface area contributed by atoms with Crippen LogP contribution in [-0.2, 0) is 4.74 Å². The van der Waals surface area contributed by atoms with Gasteiger partial charge in [0.05, 0.1) is 12.7 Å². The van der Waals surface area contributed by atoms with Crippen molar-refractivity contribution in [1.82, 2.24) is 0 Å². The Hall–Kier alpha value is 0.650. The van der Waals surface area contributed by atoms with Crippen molar-refractivity contribution in [3.05, 3.63) is 0 Å². The van der Waals surface area contributed by atoms with Gasteiger partial charge in [-0.3, -0.25) is 0 Å². The van der Waals surface area contributed by atoms with Crippen LogP contribution in [0.25, 0.3) is 0 Å². The largest absolute Gasteiger partial charge is 0.396 e. The lowest BCUT2D eigenvalue weighted by Gasteiger charge is -2.26. The van der Waals surface area contributed by atoms with E-state index < -0.39 is 0 Å². The van der Waals surface area contributed by atoms with Gasteiger partial charge in [-0.05, 0) is 12.8 Å². The molecule has 1 fully saturated rings. The van der Waals surface area contributed by atoms with E-state index in [0.29, 0.717) is 12.0 Å². The number of hydrogen-bond acceptors (Lipinski definition) is 2. The van der Waals surface area contributed by atoms with Gasteiger partial charge in [0.1, 0.15) is 0 Å². The molecule has 2 atom stereocenters. The average Bonchev–Trinajstić information content (AvgIpc) is 2.05. The summed E-state index contributed by atoms with van der Waals surface area (Å²) in [5, 5.41) is 8.77. The van der Waals surface area contributed by atoms with Crippen molar-refractivity contribution in [2.24, 2.45) is 5.92 Å². The molecule has 1 rings (SSSR count). The van der Waals surface area contributed by atoms with Gasteiger partial charge < -0.3 is 9.84 Å². The van der Waals surface area contributed by atoms with Crippen LogP contribution >= 0.6 is 22.6 Å². The monoisotopic (exact) mass is 256 g/mol. The Labute approximate surface area is 75.1 Å². The minimum absolute atomic E-state index is 0.286. The molecule has 0 radical (unpaired) electrons. The zero-order chi connectivity index (χ0) is 7.40. The van der Waals surface area contributed by atoms with E-state index in [4.69, 9.17) is 9.84 Å². The Morgan fingerprint density at radius 2 is 2.30 bits per heavy atom. The molecule has 3 heteroatoms. The lowest BCUT2D eigenvalue weighted by molar-refractivity contribution is -0.0165. The van der Waals surface area contributed by atoms with Crippen LogP contribution in [0.4, 0.5) is 0 Å². The quantitative estimate of drug-likeness (QED) is 0.594. The van der Waals surface area contributed by atoms with E-state index in [0.717, 1.165) is 23.9 Å². The Bertz CT molecular complexity index is 77.6. The maximum absolute atomic E-state index is 8.77. The highest BCUT2D eigenvalue weighted by atomic mass is 127. The average molecular weight is 256 g/mol. The number of aliphatic hydroxyl groups is 1. The summed E-state index contributed by atoms with van der Waals surface area (Å²) in [7, 11) is 0. The van der Waals surface area contributed by atoms with Crippen molar-refractivity contribution in [2.75, 3.05) is 17.6 Å². The molecule has 0 aromatic heterocycles. The second-order valence-corrected chi connectivity index (χ2v) is 3.62. The van der Waals surface area contributed by atoms with Gasteiger partial charge in [-0.2, -0.15) is 0 Å². The number of halogens is 1. The highest BCUT2D eigenvalue weighted by Crippen LogP contribution is 2.19. The third-order valence-corrected chi connectivity index (χ3v) is 2.88. The van der Waals surface area contributed by atoms with Gasteiger partial charge in [0.15, 0.2) is 0 Å². The Balaban J connectivity index is 2.17. The number of hydrogen-bond donors (Lipinski definition) is 1. The fourth-order valence-electron chi connectivity index (χ4n) is 1.13. The van der Waals surface area contributed by atoms with Crippen molar-refractivity contribution >= 4 is 22.6 Å². The molecular weight excluding hydrogens is 243 g/mol. The van der Waals surface area contributed by atoms with E-state index >= 15 is 0 Å². The molecular formula is C7H13IO2. The number of alkyl halides is 1. The Morgan fingerprint density at radius 1 is 1.50 bits per heavy atom. The minimum Gasteiger partial charge on any atom is -0.396 e. The van der Waals surface area contributed by atoms with Crippen molar-refractivity contribution in [3.8, 4) is 0 Å². The van der Waals surface area contributed by atoms with E-state index in [1.54, 1.807) is 0 Å². The van der Waals surface area contributed by atoms with Crippen molar-refractivity contribution in [2.45, 2.75) is 18.9 Å². The molecule has 0 aliphatic carbocycles. The van der Waals surface area contributed by atoms with Crippen LogP contribution in [0.3, 0.4) is 0 Å². The molecule has 0 aromatic rings. The second kappa shape index (κ2) is 4.51. The molecule has 1 saturated heterocycles. The molecule has 10 heavy (non-hydrogen) atoms. The smallest absolute Gasteiger partial charge is 0.0664 e. The van der Waals surface area contributed by atoms with Gasteiger partial charge in [-0.1, -0.05) is 22.6 Å². The molecule has 0 unspecified atom stereocenters. The first-order chi connectivity index (χ1) is 4.86. The molecule has 1 N–H and O–H groups in total. The maximum atomic E-state index is 8.77. The van der Waals surface area contributed by atoms with E-state index in [1.165, 1.54) is 0 Å². The van der Waals surface area contributed by atoms with Gasteiger partial charge in [-0.15, -0.1) is 0 Å². The maximum Gasteiger partial charge on any atom is 0.0664 e. The highest BCUT2D eigenvalue weighted by Gasteiger charge is 2.19. The summed E-state index contributed by atoms with van der Waals surface area (Å²) in [5.41, 5.74) is 0. The van der Waals surface area contributed by atoms with Crippen LogP contribution < -0.4 is 0 Å². The lowest BCUT2D eigenvalue weighted by Crippen LogP contribution is -2.28. The zero-order valence-electron chi connectivity index (χ0n) is 5.92. The summed E-state index contributed by atoms with van der Waals surface area (Å²) in [6, 6.07) is 0. The van der Waals surface area contributed by atoms with Crippen LogP contribution in [-0.4, -0.2) is 28.9 Å². The molecule has 1 aliphatic rings. The van der Waals surface area contributed by atoms with E-state index in [9.17, 15) is 0 Å². The molecule has 0 aromatic carbocycles. The van der Waals surface area contributed by atoms with Gasteiger partial charge in [0, 0.05) is 17.0 Å². The van der Waals surface area contributed by atoms with E-state index in [1.807, 2.05) is 0 Å². The summed E-state index contributed by atoms with van der Waals surface area (Å²) in [6.45, 7) is 1.04. The Kier molecular flexibility index (Phi) is 3.95. The zero-order valence-corrected chi connectivity index (χ0v) is 8.08. The first-order valence-electron chi connectivity index (χ1n) is 3.65. The molecule has 1 heterocycles. The van der Waals surface area contributed by atoms with E-state index in [2.05, 4.69) is 22.6 Å². The first-order valence-corrected chi connectivity index (χ1v) is 5.17. The predicted octanol–water partition coefficient (Wildman–Crippen LogP) is 1.21. The van der Waals surface area contributed by atoms with Crippen LogP contribution in [0.2, 0.25) is 0 Å². The summed E-state index contributed by atoms with van der Waals surface area (Å²) >= 11 is 2.34. The number of ether oxygens (including phenoxy) is 1. The second-order valence-electron chi connectivity index (χ2n) is 2.74. The lowest BCUT2D eigenvalue weighted by atomic mass is 10.0. The topological polar surface area (TPSA) is 29.5 Å². The molecule has 0 amide bonds. The van der Waals surface area contributed by atoms with Gasteiger partial charge in [-0.25, -0.2) is 0 Å². The molecule has 0 bridgehead atoms. The summed E-state index contributed by atoms with van der Waals surface area (Å²) in [5.74, 6) is 0.402. The fourth-order valence-corrected chi connectivity index (χ4v) is 1.82. The van der Waals surface area contributed by atoms with Crippen LogP contribution in [0.15, 0.2) is 0 Å². The van der Waals surface area contributed by atoms with E-state index in [-0.39, 0.29) is 6.61 Å². The SMILES string of the molecule is OC[C@@H]1CC[C@@H](CI)OC1. The molecule has 2 nitrogen and oxygen atoms in total. The minimum atomic E-state index is 0.286. The fraction of sp³-hybridized carbons (Fsp3) is 1.00. The number of aliphatic hydroxyl groups excluding tert-OH is 1. The van der Waals surface area contributed by atoms with Gasteiger partial charge in [0.2, 0.25) is 0 Å². The van der Waals surface area contributed by atoms with Crippen molar-refractivity contribution < 1.29 is 9.84 Å². The van der Waals surface area contributed by atoms with Crippen molar-refractivity contribution in [1.29, 1.82) is 0 Å². The summed E-state index contributed by atoms with van der Waals surface area (Å²) < 4.78 is 6.54. The Morgan fingerprint density at radius 3 is 2.70 bits per heavy atom. The normalized spacial score (nSPS) is 34.2. The summed E-state index contributed by atoms with van der Waals surface area (Å²) in [4.78, 5) is 0. The van der Waals surface area contributed by atoms with Crippen LogP contribution in [0.5, 0.6) is 0 Å². The number of rotatable bonds is 2. The molecule has 60 valence electrons. The van der Waals surface area contributed by atoms with Gasteiger partial charge in [0.25, 0.3) is 0 Å². The standard InChI is InChI=1S/C7H13IO2/c8-3-7-2-1-6(4-9)5-10-7/h6-7,9H,1-5H2/t6-,7-/m0/s1. The van der Waals surface area contributed by atoms with Crippen molar-refractivity contribution in [3.63, 3.8) is 0 Å². The third-order valence-electron chi connectivity index (χ3n) is 1.89. The van der Waals surface area contributed by atoms with Gasteiger partial charge >= 0.3 is 0 Å². The molecule has 1 aliphatic heterocycles. The predicted molar refractivity (Wildman–Crippen MR) is 48.4 cm³/mol.